The molecule has 0 aliphatic rings. The second-order valence-corrected chi connectivity index (χ2v) is 9.05. The molecule has 38 heavy (non-hydrogen) atoms. The van der Waals surface area contributed by atoms with Crippen LogP contribution >= 0.6 is 0 Å². The van der Waals surface area contributed by atoms with Crippen LogP contribution in [0.4, 0.5) is 5.82 Å². The fraction of sp³-hybridized carbons (Fsp3) is 0.129. The van der Waals surface area contributed by atoms with Crippen molar-refractivity contribution >= 4 is 38.7 Å². The molecule has 0 amide bonds. The highest BCUT2D eigenvalue weighted by molar-refractivity contribution is 5.82. The molecule has 0 atom stereocenters. The molecule has 0 saturated heterocycles. The van der Waals surface area contributed by atoms with Gasteiger partial charge < -0.3 is 15.7 Å². The first-order valence-electron chi connectivity index (χ1n) is 12.4. The molecule has 0 aliphatic heterocycles. The lowest BCUT2D eigenvalue weighted by molar-refractivity contribution is 1.12. The highest BCUT2D eigenvalue weighted by atomic mass is 15.1. The van der Waals surface area contributed by atoms with E-state index in [1.165, 1.54) is 38.4 Å². The maximum atomic E-state index is 5.32. The molecule has 7 heteroatoms. The number of nitrogens with two attached hydrogens (primary N) is 1. The van der Waals surface area contributed by atoms with E-state index in [1.807, 2.05) is 62.0 Å². The second kappa shape index (κ2) is 12.4. The molecule has 7 rings (SSSR count). The fourth-order valence-corrected chi connectivity index (χ4v) is 3.94. The summed E-state index contributed by atoms with van der Waals surface area (Å²) in [6.45, 7) is 8.26. The lowest BCUT2D eigenvalue weighted by Gasteiger charge is -1.92. The first-order chi connectivity index (χ1) is 18.4. The molecule has 0 fully saturated rings. The molecule has 0 unspecified atom stereocenters. The molecule has 5 heterocycles. The Hall–Kier alpha value is -4.91. The Morgan fingerprint density at radius 3 is 1.95 bits per heavy atom. The van der Waals surface area contributed by atoms with E-state index in [1.54, 1.807) is 12.3 Å². The van der Waals surface area contributed by atoms with Crippen LogP contribution in [0.15, 0.2) is 97.7 Å². The molecule has 5 N–H and O–H groups in total. The van der Waals surface area contributed by atoms with E-state index in [9.17, 15) is 0 Å². The number of pyridine rings is 2. The van der Waals surface area contributed by atoms with Crippen molar-refractivity contribution in [3.63, 3.8) is 0 Å². The van der Waals surface area contributed by atoms with Crippen molar-refractivity contribution in [3.8, 4) is 0 Å². The molecular weight excluding hydrogens is 470 g/mol. The van der Waals surface area contributed by atoms with Crippen LogP contribution in [0.25, 0.3) is 32.8 Å². The zero-order valence-corrected chi connectivity index (χ0v) is 22.2. The Kier molecular flexibility index (Phi) is 8.51. The van der Waals surface area contributed by atoms with Crippen LogP contribution in [0, 0.1) is 27.7 Å². The molecule has 0 bridgehead atoms. The quantitative estimate of drug-likeness (QED) is 0.175. The molecular formula is C31H33N7. The lowest BCUT2D eigenvalue weighted by Crippen LogP contribution is -1.87. The number of fused-ring (bicyclic) bond motifs is 3. The van der Waals surface area contributed by atoms with Crippen LogP contribution in [0.5, 0.6) is 0 Å². The second-order valence-electron chi connectivity index (χ2n) is 9.05. The van der Waals surface area contributed by atoms with Gasteiger partial charge in [-0.1, -0.05) is 30.3 Å². The minimum atomic E-state index is 0.579. The topological polar surface area (TPSA) is 112 Å². The normalized spacial score (nSPS) is 10.2. The number of nitrogens with one attached hydrogen (secondary N) is 3. The molecule has 5 aromatic heterocycles. The van der Waals surface area contributed by atoms with Crippen LogP contribution < -0.4 is 5.73 Å². The largest absolute Gasteiger partial charge is 0.384 e. The number of H-pyrrole nitrogens is 3. The van der Waals surface area contributed by atoms with E-state index < -0.39 is 0 Å². The van der Waals surface area contributed by atoms with Gasteiger partial charge in [-0.2, -0.15) is 5.10 Å². The van der Waals surface area contributed by atoms with E-state index in [2.05, 4.69) is 81.2 Å². The first-order valence-corrected chi connectivity index (χ1v) is 12.4. The maximum Gasteiger partial charge on any atom is 0.137 e. The molecule has 0 aliphatic carbocycles. The molecule has 2 aromatic carbocycles. The van der Waals surface area contributed by atoms with Gasteiger partial charge in [-0.15, -0.1) is 0 Å². The number of nitrogens with zero attached hydrogens (tertiary/aromatic N) is 3. The molecule has 7 aromatic rings. The standard InChI is InChI=1S/C9H9N.2C8H8N2.C6H8N2/c1-7-3-2-4-9-8(7)5-6-10-9;1-6-2-4-9-8-7(6)3-5-10-8;1-6-3-2-4-8-7(6)5-9-10-8;1-5-2-3-6(7)8-4-5/h2-6,10H,1H3;2*2-5H,1H3,(H,9,10);2-4H,1H3,(H2,7,8). The monoisotopic (exact) mass is 503 g/mol. The van der Waals surface area contributed by atoms with Crippen molar-refractivity contribution in [2.75, 3.05) is 5.73 Å². The van der Waals surface area contributed by atoms with Crippen LogP contribution in [0.2, 0.25) is 0 Å². The Balaban J connectivity index is 0.000000119. The summed E-state index contributed by atoms with van der Waals surface area (Å²) >= 11 is 0. The minimum Gasteiger partial charge on any atom is -0.384 e. The van der Waals surface area contributed by atoms with Gasteiger partial charge in [-0.25, -0.2) is 9.97 Å². The van der Waals surface area contributed by atoms with Crippen molar-refractivity contribution in [1.82, 2.24) is 30.1 Å². The fourth-order valence-electron chi connectivity index (χ4n) is 3.94. The smallest absolute Gasteiger partial charge is 0.137 e. The minimum absolute atomic E-state index is 0.579. The number of benzene rings is 2. The predicted molar refractivity (Wildman–Crippen MR) is 158 cm³/mol. The molecule has 0 saturated carbocycles. The average molecular weight is 504 g/mol. The SMILES string of the molecule is Cc1ccc(N)nc1.Cc1cccc2[nH]ccc12.Cc1cccc2[nH]ncc12.Cc1ccnc2[nH]ccc12. The summed E-state index contributed by atoms with van der Waals surface area (Å²) in [5.41, 5.74) is 13.6. The number of rotatable bonds is 0. The van der Waals surface area contributed by atoms with Crippen molar-refractivity contribution in [1.29, 1.82) is 0 Å². The summed E-state index contributed by atoms with van der Waals surface area (Å²) in [4.78, 5) is 14.2. The van der Waals surface area contributed by atoms with E-state index >= 15 is 0 Å². The zero-order chi connectivity index (χ0) is 26.9. The third-order valence-electron chi connectivity index (χ3n) is 6.13. The lowest BCUT2D eigenvalue weighted by atomic mass is 10.1. The van der Waals surface area contributed by atoms with Crippen molar-refractivity contribution < 1.29 is 0 Å². The van der Waals surface area contributed by atoms with Crippen LogP contribution in [0.1, 0.15) is 22.3 Å². The van der Waals surface area contributed by atoms with Crippen LogP contribution in [0.3, 0.4) is 0 Å². The Labute approximate surface area is 222 Å². The molecule has 0 spiro atoms. The van der Waals surface area contributed by atoms with E-state index in [0.717, 1.165) is 16.7 Å². The van der Waals surface area contributed by atoms with Gasteiger partial charge in [-0.05, 0) is 86.3 Å². The Bertz CT molecular complexity index is 1530. The van der Waals surface area contributed by atoms with Crippen molar-refractivity contribution in [2.45, 2.75) is 27.7 Å². The zero-order valence-electron chi connectivity index (χ0n) is 22.2. The summed E-state index contributed by atoms with van der Waals surface area (Å²) < 4.78 is 0. The van der Waals surface area contributed by atoms with Gasteiger partial charge in [0, 0.05) is 46.5 Å². The predicted octanol–water partition coefficient (Wildman–Crippen LogP) is 7.19. The molecule has 7 nitrogen and oxygen atoms in total. The van der Waals surface area contributed by atoms with Gasteiger partial charge in [0.25, 0.3) is 0 Å². The summed E-state index contributed by atoms with van der Waals surface area (Å²) in [5.74, 6) is 0.579. The van der Waals surface area contributed by atoms with Crippen molar-refractivity contribution in [2.24, 2.45) is 0 Å². The Morgan fingerprint density at radius 1 is 0.605 bits per heavy atom. The average Bonchev–Trinajstić information content (AvgIpc) is 3.69. The number of aryl methyl sites for hydroxylation is 4. The van der Waals surface area contributed by atoms with E-state index in [0.29, 0.717) is 5.82 Å². The van der Waals surface area contributed by atoms with Crippen LogP contribution in [-0.2, 0) is 0 Å². The highest BCUT2D eigenvalue weighted by Crippen LogP contribution is 2.16. The number of hydrogen-bond donors (Lipinski definition) is 4. The summed E-state index contributed by atoms with van der Waals surface area (Å²) in [7, 11) is 0. The van der Waals surface area contributed by atoms with Gasteiger partial charge in [-0.3, -0.25) is 5.10 Å². The highest BCUT2D eigenvalue weighted by Gasteiger charge is 1.96. The van der Waals surface area contributed by atoms with E-state index in [4.69, 9.17) is 5.73 Å². The Morgan fingerprint density at radius 2 is 1.29 bits per heavy atom. The molecule has 0 radical (unpaired) electrons. The maximum absolute atomic E-state index is 5.32. The number of aromatic nitrogens is 6. The first kappa shape index (κ1) is 26.2. The van der Waals surface area contributed by atoms with Gasteiger partial charge in [0.05, 0.1) is 11.7 Å². The van der Waals surface area contributed by atoms with Gasteiger partial charge in [0.15, 0.2) is 0 Å². The van der Waals surface area contributed by atoms with Crippen LogP contribution in [-0.4, -0.2) is 30.1 Å². The summed E-state index contributed by atoms with van der Waals surface area (Å²) in [6.07, 6.45) is 9.29. The number of hydrogen-bond acceptors (Lipinski definition) is 4. The van der Waals surface area contributed by atoms with E-state index in [-0.39, 0.29) is 0 Å². The third kappa shape index (κ3) is 6.64. The van der Waals surface area contributed by atoms with Gasteiger partial charge in [0.1, 0.15) is 11.5 Å². The number of anilines is 1. The van der Waals surface area contributed by atoms with Gasteiger partial charge in [0.2, 0.25) is 0 Å². The number of aromatic amines is 3. The van der Waals surface area contributed by atoms with Gasteiger partial charge >= 0.3 is 0 Å². The third-order valence-corrected chi connectivity index (χ3v) is 6.13. The van der Waals surface area contributed by atoms with Crippen molar-refractivity contribution in [3.05, 3.63) is 120 Å². The number of nitrogen functional groups attached to an aromatic ring is 1. The molecule has 192 valence electrons. The summed E-state index contributed by atoms with van der Waals surface area (Å²) in [5, 5.41) is 10.6. The summed E-state index contributed by atoms with van der Waals surface area (Å²) in [6, 6.07) is 22.3.